The molecule has 0 aliphatic carbocycles. The maximum absolute atomic E-state index is 13.6. The Hall–Kier alpha value is -3.35. The van der Waals surface area contributed by atoms with Gasteiger partial charge < -0.3 is 15.0 Å². The van der Waals surface area contributed by atoms with Crippen molar-refractivity contribution in [2.45, 2.75) is 25.4 Å². The first-order valence-corrected chi connectivity index (χ1v) is 13.7. The minimum absolute atomic E-state index is 0.00279. The summed E-state index contributed by atoms with van der Waals surface area (Å²) in [6.45, 7) is 2.17. The Morgan fingerprint density at radius 3 is 2.31 bits per heavy atom. The van der Waals surface area contributed by atoms with E-state index in [0.717, 1.165) is 26.4 Å². The van der Waals surface area contributed by atoms with Gasteiger partial charge in [-0.15, -0.1) is 11.3 Å². The van der Waals surface area contributed by atoms with E-state index in [1.807, 2.05) is 61.5 Å². The molecule has 182 valence electrons. The fraction of sp³-hybridized carbons (Fsp3) is 0.167. The van der Waals surface area contributed by atoms with Crippen LogP contribution < -0.4 is 10.2 Å². The second kappa shape index (κ2) is 11.1. The molecule has 2 heterocycles. The number of ether oxygens (including phenoxy) is 1. The van der Waals surface area contributed by atoms with Crippen LogP contribution in [0, 0.1) is 0 Å². The van der Waals surface area contributed by atoms with Crippen LogP contribution in [0.15, 0.2) is 118 Å². The number of hydrogen-bond acceptors (Lipinski definition) is 5. The quantitative estimate of drug-likeness (QED) is 0.232. The summed E-state index contributed by atoms with van der Waals surface area (Å²) in [5, 5.41) is 5.66. The van der Waals surface area contributed by atoms with Crippen LogP contribution >= 0.6 is 27.3 Å². The number of esters is 1. The number of carbonyl (C=O) groups is 1. The maximum atomic E-state index is 13.6. The smallest absolute Gasteiger partial charge is 0.338 e. The zero-order chi connectivity index (χ0) is 24.9. The molecule has 1 N–H and O–H groups in total. The summed E-state index contributed by atoms with van der Waals surface area (Å²) in [5.74, 6) is -0.287. The zero-order valence-corrected chi connectivity index (χ0v) is 22.3. The Labute approximate surface area is 224 Å². The molecule has 4 aromatic rings. The van der Waals surface area contributed by atoms with Gasteiger partial charge in [-0.2, -0.15) is 0 Å². The highest BCUT2D eigenvalue weighted by molar-refractivity contribution is 9.10. The SMILES string of the molecule is CCOC(=O)C1=C(Nc2ccccc2)CC(c2ccc(Br)cc2)N(c2ccccc2)C1c1cccs1. The summed E-state index contributed by atoms with van der Waals surface area (Å²) in [4.78, 5) is 17.1. The van der Waals surface area contributed by atoms with Crippen molar-refractivity contribution in [3.63, 3.8) is 0 Å². The molecule has 0 saturated carbocycles. The molecule has 0 fully saturated rings. The second-order valence-electron chi connectivity index (χ2n) is 8.54. The maximum Gasteiger partial charge on any atom is 0.338 e. The Morgan fingerprint density at radius 2 is 1.67 bits per heavy atom. The number of thiophene rings is 1. The van der Waals surface area contributed by atoms with Gasteiger partial charge in [-0.25, -0.2) is 4.79 Å². The number of carbonyl (C=O) groups excluding carboxylic acids is 1. The molecule has 6 heteroatoms. The highest BCUT2D eigenvalue weighted by atomic mass is 79.9. The average molecular weight is 560 g/mol. The minimum Gasteiger partial charge on any atom is -0.463 e. The van der Waals surface area contributed by atoms with Crippen molar-refractivity contribution >= 4 is 44.6 Å². The van der Waals surface area contributed by atoms with Crippen molar-refractivity contribution < 1.29 is 9.53 Å². The zero-order valence-electron chi connectivity index (χ0n) is 19.9. The third kappa shape index (κ3) is 5.11. The molecule has 3 aromatic carbocycles. The molecule has 2 atom stereocenters. The van der Waals surface area contributed by atoms with E-state index in [-0.39, 0.29) is 18.1 Å². The lowest BCUT2D eigenvalue weighted by Crippen LogP contribution is -2.41. The van der Waals surface area contributed by atoms with Gasteiger partial charge in [0, 0.05) is 32.8 Å². The Morgan fingerprint density at radius 1 is 0.972 bits per heavy atom. The van der Waals surface area contributed by atoms with Crippen molar-refractivity contribution in [3.8, 4) is 0 Å². The molecule has 0 radical (unpaired) electrons. The van der Waals surface area contributed by atoms with Crippen molar-refractivity contribution in [2.75, 3.05) is 16.8 Å². The molecular weight excluding hydrogens is 532 g/mol. The van der Waals surface area contributed by atoms with E-state index in [1.165, 1.54) is 5.56 Å². The highest BCUT2D eigenvalue weighted by Crippen LogP contribution is 2.49. The van der Waals surface area contributed by atoms with Crippen LogP contribution in [0.1, 0.15) is 35.9 Å². The number of nitrogens with zero attached hydrogens (tertiary/aromatic N) is 1. The van der Waals surface area contributed by atoms with Crippen LogP contribution in [0.3, 0.4) is 0 Å². The van der Waals surface area contributed by atoms with Gasteiger partial charge in [-0.1, -0.05) is 70.5 Å². The lowest BCUT2D eigenvalue weighted by molar-refractivity contribution is -0.139. The van der Waals surface area contributed by atoms with Crippen LogP contribution in [0.4, 0.5) is 11.4 Å². The van der Waals surface area contributed by atoms with Gasteiger partial charge >= 0.3 is 5.97 Å². The first-order chi connectivity index (χ1) is 17.7. The molecule has 1 aromatic heterocycles. The third-order valence-electron chi connectivity index (χ3n) is 6.30. The van der Waals surface area contributed by atoms with Crippen molar-refractivity contribution in [3.05, 3.63) is 129 Å². The first-order valence-electron chi connectivity index (χ1n) is 12.0. The van der Waals surface area contributed by atoms with Crippen molar-refractivity contribution in [1.29, 1.82) is 0 Å². The van der Waals surface area contributed by atoms with Gasteiger partial charge in [0.25, 0.3) is 0 Å². The summed E-state index contributed by atoms with van der Waals surface area (Å²) < 4.78 is 6.69. The van der Waals surface area contributed by atoms with Crippen LogP contribution in [-0.2, 0) is 9.53 Å². The summed E-state index contributed by atoms with van der Waals surface area (Å²) in [6, 6.07) is 32.7. The van der Waals surface area contributed by atoms with E-state index in [0.29, 0.717) is 18.6 Å². The Bertz CT molecular complexity index is 1320. The highest BCUT2D eigenvalue weighted by Gasteiger charge is 2.42. The number of para-hydroxylation sites is 2. The van der Waals surface area contributed by atoms with Gasteiger partial charge in [0.15, 0.2) is 0 Å². The third-order valence-corrected chi connectivity index (χ3v) is 7.75. The Balaban J connectivity index is 1.74. The summed E-state index contributed by atoms with van der Waals surface area (Å²) in [7, 11) is 0. The number of nitrogens with one attached hydrogen (secondary N) is 1. The van der Waals surface area contributed by atoms with E-state index in [1.54, 1.807) is 11.3 Å². The summed E-state index contributed by atoms with van der Waals surface area (Å²) in [6.07, 6.45) is 0.626. The molecule has 2 unspecified atom stereocenters. The fourth-order valence-corrected chi connectivity index (χ4v) is 5.86. The molecule has 1 aliphatic heterocycles. The number of halogens is 1. The largest absolute Gasteiger partial charge is 0.463 e. The summed E-state index contributed by atoms with van der Waals surface area (Å²) >= 11 is 5.24. The summed E-state index contributed by atoms with van der Waals surface area (Å²) in [5.41, 5.74) is 4.73. The second-order valence-corrected chi connectivity index (χ2v) is 10.4. The molecule has 36 heavy (non-hydrogen) atoms. The molecule has 5 rings (SSSR count). The Kier molecular flexibility index (Phi) is 7.54. The number of hydrogen-bond donors (Lipinski definition) is 1. The monoisotopic (exact) mass is 558 g/mol. The number of rotatable bonds is 7. The van der Waals surface area contributed by atoms with E-state index in [4.69, 9.17) is 4.74 Å². The van der Waals surface area contributed by atoms with E-state index < -0.39 is 0 Å². The molecule has 0 amide bonds. The predicted octanol–water partition coefficient (Wildman–Crippen LogP) is 8.13. The van der Waals surface area contributed by atoms with E-state index in [9.17, 15) is 4.79 Å². The first kappa shape index (κ1) is 24.3. The minimum atomic E-state index is -0.306. The standard InChI is InChI=1S/C30H27BrN2O2S/c1-2-35-30(34)28-25(32-23-10-5-3-6-11-23)20-26(21-15-17-22(31)18-16-21)33(24-12-7-4-8-13-24)29(28)27-14-9-19-36-27/h3-19,26,29,32H,2,20H2,1H3. The van der Waals surface area contributed by atoms with Gasteiger partial charge in [-0.05, 0) is 60.3 Å². The number of anilines is 2. The predicted molar refractivity (Wildman–Crippen MR) is 151 cm³/mol. The molecule has 0 saturated heterocycles. The molecule has 4 nitrogen and oxygen atoms in total. The fourth-order valence-electron chi connectivity index (χ4n) is 4.76. The molecule has 1 aliphatic rings. The van der Waals surface area contributed by atoms with E-state index >= 15 is 0 Å². The van der Waals surface area contributed by atoms with Crippen molar-refractivity contribution in [2.24, 2.45) is 0 Å². The molecular formula is C30H27BrN2O2S. The lowest BCUT2D eigenvalue weighted by Gasteiger charge is -2.45. The van der Waals surface area contributed by atoms with Gasteiger partial charge in [0.05, 0.1) is 24.3 Å². The van der Waals surface area contributed by atoms with Gasteiger partial charge in [0.1, 0.15) is 0 Å². The van der Waals surface area contributed by atoms with E-state index in [2.05, 4.69) is 74.0 Å². The molecule has 0 spiro atoms. The van der Waals surface area contributed by atoms with Crippen LogP contribution in [-0.4, -0.2) is 12.6 Å². The topological polar surface area (TPSA) is 41.6 Å². The van der Waals surface area contributed by atoms with Gasteiger partial charge in [-0.3, -0.25) is 0 Å². The van der Waals surface area contributed by atoms with Gasteiger partial charge in [0.2, 0.25) is 0 Å². The normalized spacial score (nSPS) is 17.7. The van der Waals surface area contributed by atoms with Crippen LogP contribution in [0.5, 0.6) is 0 Å². The van der Waals surface area contributed by atoms with Crippen LogP contribution in [0.2, 0.25) is 0 Å². The lowest BCUT2D eigenvalue weighted by atomic mass is 9.86. The van der Waals surface area contributed by atoms with Crippen LogP contribution in [0.25, 0.3) is 0 Å². The number of benzene rings is 3. The molecule has 0 bridgehead atoms. The average Bonchev–Trinajstić information content (AvgIpc) is 3.44. The van der Waals surface area contributed by atoms with Crippen molar-refractivity contribution in [1.82, 2.24) is 0 Å².